The van der Waals surface area contributed by atoms with E-state index in [9.17, 15) is 10.1 Å². The van der Waals surface area contributed by atoms with E-state index in [0.717, 1.165) is 16.9 Å². The zero-order chi connectivity index (χ0) is 14.7. The lowest BCUT2D eigenvalue weighted by molar-refractivity contribution is -0.380. The SMILES string of the molecule is O=[N+]([O-])c1cnc(N[C@@H](c2ccccc2)c2ncn[nH]2)s1. The summed E-state index contributed by atoms with van der Waals surface area (Å²) in [5.41, 5.74) is 0.951. The third-order valence-corrected chi connectivity index (χ3v) is 3.66. The third-order valence-electron chi connectivity index (χ3n) is 2.78. The minimum absolute atomic E-state index is 0.0121. The number of hydrogen-bond acceptors (Lipinski definition) is 7. The predicted octanol–water partition coefficient (Wildman–Crippen LogP) is 2.37. The Kier molecular flexibility index (Phi) is 3.56. The molecule has 8 nitrogen and oxygen atoms in total. The van der Waals surface area contributed by atoms with Crippen LogP contribution in [0.25, 0.3) is 0 Å². The smallest absolute Gasteiger partial charge is 0.345 e. The first kappa shape index (κ1) is 13.2. The van der Waals surface area contributed by atoms with Crippen molar-refractivity contribution in [1.82, 2.24) is 20.2 Å². The van der Waals surface area contributed by atoms with E-state index in [1.54, 1.807) is 0 Å². The number of anilines is 1. The van der Waals surface area contributed by atoms with Gasteiger partial charge in [-0.1, -0.05) is 30.3 Å². The largest absolute Gasteiger partial charge is 0.347 e. The number of H-pyrrole nitrogens is 1. The number of nitrogens with one attached hydrogen (secondary N) is 2. The van der Waals surface area contributed by atoms with Crippen LogP contribution in [-0.2, 0) is 0 Å². The second-order valence-electron chi connectivity index (χ2n) is 4.12. The number of aromatic nitrogens is 4. The lowest BCUT2D eigenvalue weighted by Gasteiger charge is -2.15. The molecule has 2 heterocycles. The van der Waals surface area contributed by atoms with E-state index in [0.29, 0.717) is 11.0 Å². The Morgan fingerprint density at radius 1 is 1.29 bits per heavy atom. The molecule has 0 unspecified atom stereocenters. The van der Waals surface area contributed by atoms with Gasteiger partial charge in [-0.25, -0.2) is 9.97 Å². The summed E-state index contributed by atoms with van der Waals surface area (Å²) in [5.74, 6) is 0.610. The quantitative estimate of drug-likeness (QED) is 0.553. The summed E-state index contributed by atoms with van der Waals surface area (Å²) < 4.78 is 0. The molecule has 0 saturated heterocycles. The average molecular weight is 302 g/mol. The molecular weight excluding hydrogens is 292 g/mol. The summed E-state index contributed by atoms with van der Waals surface area (Å²) in [5, 5.41) is 20.9. The van der Waals surface area contributed by atoms with Crippen LogP contribution in [0.15, 0.2) is 42.9 Å². The van der Waals surface area contributed by atoms with E-state index < -0.39 is 4.92 Å². The highest BCUT2D eigenvalue weighted by atomic mass is 32.1. The molecule has 3 aromatic rings. The Bertz CT molecular complexity index is 727. The molecule has 106 valence electrons. The molecule has 1 atom stereocenters. The van der Waals surface area contributed by atoms with E-state index >= 15 is 0 Å². The van der Waals surface area contributed by atoms with Crippen molar-refractivity contribution in [2.75, 3.05) is 5.32 Å². The van der Waals surface area contributed by atoms with Crippen molar-refractivity contribution >= 4 is 21.5 Å². The van der Waals surface area contributed by atoms with E-state index in [4.69, 9.17) is 0 Å². The van der Waals surface area contributed by atoms with Crippen molar-refractivity contribution in [2.45, 2.75) is 6.04 Å². The van der Waals surface area contributed by atoms with Gasteiger partial charge in [-0.3, -0.25) is 15.2 Å². The maximum atomic E-state index is 10.7. The fourth-order valence-electron chi connectivity index (χ4n) is 1.85. The zero-order valence-electron chi connectivity index (χ0n) is 10.6. The number of benzene rings is 1. The number of thiazole rings is 1. The highest BCUT2D eigenvalue weighted by molar-refractivity contribution is 7.18. The van der Waals surface area contributed by atoms with Gasteiger partial charge in [0.05, 0.1) is 4.92 Å². The molecule has 9 heteroatoms. The molecule has 21 heavy (non-hydrogen) atoms. The Morgan fingerprint density at radius 2 is 2.10 bits per heavy atom. The molecule has 0 fully saturated rings. The van der Waals surface area contributed by atoms with Crippen molar-refractivity contribution in [1.29, 1.82) is 0 Å². The van der Waals surface area contributed by atoms with Crippen molar-refractivity contribution < 1.29 is 4.92 Å². The summed E-state index contributed by atoms with van der Waals surface area (Å²) in [4.78, 5) is 18.4. The first-order valence-electron chi connectivity index (χ1n) is 6.01. The fourth-order valence-corrected chi connectivity index (χ4v) is 2.51. The lowest BCUT2D eigenvalue weighted by atomic mass is 10.1. The number of aromatic amines is 1. The van der Waals surface area contributed by atoms with Gasteiger partial charge >= 0.3 is 5.00 Å². The predicted molar refractivity (Wildman–Crippen MR) is 77.1 cm³/mol. The highest BCUT2D eigenvalue weighted by Crippen LogP contribution is 2.30. The Balaban J connectivity index is 1.91. The van der Waals surface area contributed by atoms with Gasteiger partial charge in [0.1, 0.15) is 18.6 Å². The zero-order valence-corrected chi connectivity index (χ0v) is 11.4. The number of nitrogens with zero attached hydrogens (tertiary/aromatic N) is 4. The second-order valence-corrected chi connectivity index (χ2v) is 5.13. The van der Waals surface area contributed by atoms with Gasteiger partial charge in [0.25, 0.3) is 0 Å². The molecule has 1 aromatic carbocycles. The monoisotopic (exact) mass is 302 g/mol. The summed E-state index contributed by atoms with van der Waals surface area (Å²) in [7, 11) is 0. The van der Waals surface area contributed by atoms with Crippen LogP contribution in [0.1, 0.15) is 17.4 Å². The first-order chi connectivity index (χ1) is 10.2. The molecule has 0 aliphatic heterocycles. The van der Waals surface area contributed by atoms with Crippen LogP contribution < -0.4 is 5.32 Å². The molecule has 0 spiro atoms. The summed E-state index contributed by atoms with van der Waals surface area (Å²) in [6.45, 7) is 0. The maximum absolute atomic E-state index is 10.7. The van der Waals surface area contributed by atoms with Crippen LogP contribution in [0.5, 0.6) is 0 Å². The third kappa shape index (κ3) is 2.87. The van der Waals surface area contributed by atoms with Gasteiger partial charge < -0.3 is 5.32 Å². The number of nitro groups is 1. The van der Waals surface area contributed by atoms with Gasteiger partial charge in [0.2, 0.25) is 0 Å². The Morgan fingerprint density at radius 3 is 2.71 bits per heavy atom. The normalized spacial score (nSPS) is 12.0. The minimum atomic E-state index is -0.463. The average Bonchev–Trinajstić information content (AvgIpc) is 3.17. The fraction of sp³-hybridized carbons (Fsp3) is 0.0833. The van der Waals surface area contributed by atoms with Crippen LogP contribution in [0.2, 0.25) is 0 Å². The lowest BCUT2D eigenvalue weighted by Crippen LogP contribution is -2.13. The Labute approximate surface area is 123 Å². The van der Waals surface area contributed by atoms with Crippen molar-refractivity contribution in [3.63, 3.8) is 0 Å². The first-order valence-corrected chi connectivity index (χ1v) is 6.82. The van der Waals surface area contributed by atoms with Gasteiger partial charge in [0.15, 0.2) is 11.0 Å². The van der Waals surface area contributed by atoms with Crippen LogP contribution in [0.4, 0.5) is 10.1 Å². The van der Waals surface area contributed by atoms with Gasteiger partial charge in [-0.15, -0.1) is 0 Å². The molecule has 0 aliphatic carbocycles. The van der Waals surface area contributed by atoms with E-state index in [-0.39, 0.29) is 11.0 Å². The molecule has 2 N–H and O–H groups in total. The van der Waals surface area contributed by atoms with Crippen molar-refractivity contribution in [3.8, 4) is 0 Å². The maximum Gasteiger partial charge on any atom is 0.345 e. The van der Waals surface area contributed by atoms with E-state index in [1.165, 1.54) is 12.5 Å². The van der Waals surface area contributed by atoms with Crippen molar-refractivity contribution in [2.24, 2.45) is 0 Å². The number of rotatable bonds is 5. The second kappa shape index (κ2) is 5.67. The van der Waals surface area contributed by atoms with Crippen LogP contribution in [0.3, 0.4) is 0 Å². The van der Waals surface area contributed by atoms with E-state index in [1.807, 2.05) is 30.3 Å². The highest BCUT2D eigenvalue weighted by Gasteiger charge is 2.20. The molecule has 0 amide bonds. The minimum Gasteiger partial charge on any atom is -0.347 e. The molecule has 0 saturated carbocycles. The number of hydrogen-bond donors (Lipinski definition) is 2. The summed E-state index contributed by atoms with van der Waals surface area (Å²) in [6.07, 6.45) is 2.65. The van der Waals surface area contributed by atoms with Gasteiger partial charge in [-0.2, -0.15) is 5.10 Å². The van der Waals surface area contributed by atoms with Crippen molar-refractivity contribution in [3.05, 3.63) is 64.4 Å². The molecule has 3 rings (SSSR count). The van der Waals surface area contributed by atoms with Crippen LogP contribution in [-0.4, -0.2) is 25.1 Å². The van der Waals surface area contributed by atoms with Crippen LogP contribution in [0, 0.1) is 10.1 Å². The standard InChI is InChI=1S/C12H10N6O2S/c19-18(20)9-6-13-12(21-9)16-10(11-14-7-15-17-11)8-4-2-1-3-5-8/h1-7,10H,(H,13,16)(H,14,15,17)/t10-/m0/s1. The van der Waals surface area contributed by atoms with E-state index in [2.05, 4.69) is 25.5 Å². The Hall–Kier alpha value is -2.81. The van der Waals surface area contributed by atoms with Gasteiger partial charge in [-0.05, 0) is 16.9 Å². The topological polar surface area (TPSA) is 110 Å². The molecule has 0 aliphatic rings. The molecular formula is C12H10N6O2S. The van der Waals surface area contributed by atoms with Gasteiger partial charge in [0, 0.05) is 0 Å². The molecule has 0 bridgehead atoms. The summed E-state index contributed by atoms with van der Waals surface area (Å²) >= 11 is 0.978. The summed E-state index contributed by atoms with van der Waals surface area (Å²) in [6, 6.07) is 9.29. The molecule has 0 radical (unpaired) electrons. The molecule has 2 aromatic heterocycles. The van der Waals surface area contributed by atoms with Crippen LogP contribution >= 0.6 is 11.3 Å².